The maximum atomic E-state index is 10.2. The first-order valence-corrected chi connectivity index (χ1v) is 10.6. The van der Waals surface area contributed by atoms with E-state index < -0.39 is 33.7 Å². The molecular formula is C22H24O8S. The SMILES string of the molecule is C=CCc1ccccc1Oc1ccccc1CC=C.O=C(O)CC(C(=O)O)S(=O)(=O)O. The van der Waals surface area contributed by atoms with Crippen LogP contribution in [0.15, 0.2) is 73.8 Å². The number of aliphatic carboxylic acids is 2. The zero-order valence-electron chi connectivity index (χ0n) is 16.7. The molecule has 2 aromatic rings. The van der Waals surface area contributed by atoms with Crippen LogP contribution in [0.5, 0.6) is 11.5 Å². The average molecular weight is 448 g/mol. The monoisotopic (exact) mass is 448 g/mol. The second-order valence-electron chi connectivity index (χ2n) is 6.24. The van der Waals surface area contributed by atoms with Gasteiger partial charge in [0, 0.05) is 0 Å². The van der Waals surface area contributed by atoms with Gasteiger partial charge in [-0.25, -0.2) is 0 Å². The molecular weight excluding hydrogens is 424 g/mol. The van der Waals surface area contributed by atoms with Gasteiger partial charge in [-0.3, -0.25) is 14.1 Å². The lowest BCUT2D eigenvalue weighted by atomic mass is 10.1. The van der Waals surface area contributed by atoms with E-state index in [0.29, 0.717) is 0 Å². The molecule has 2 aromatic carbocycles. The zero-order chi connectivity index (χ0) is 23.4. The molecule has 0 aromatic heterocycles. The van der Waals surface area contributed by atoms with E-state index in [1.54, 1.807) is 0 Å². The second-order valence-corrected chi connectivity index (χ2v) is 7.84. The molecule has 1 atom stereocenters. The van der Waals surface area contributed by atoms with Gasteiger partial charge >= 0.3 is 11.9 Å². The molecule has 0 aliphatic heterocycles. The fourth-order valence-corrected chi connectivity index (χ4v) is 3.06. The Morgan fingerprint density at radius 2 is 1.32 bits per heavy atom. The Labute approximate surface area is 180 Å². The van der Waals surface area contributed by atoms with E-state index in [1.165, 1.54) is 0 Å². The number of carboxylic acid groups (broad SMARTS) is 2. The summed E-state index contributed by atoms with van der Waals surface area (Å²) in [7, 11) is -4.84. The lowest BCUT2D eigenvalue weighted by Crippen LogP contribution is -2.31. The highest BCUT2D eigenvalue weighted by atomic mass is 32.2. The molecule has 3 N–H and O–H groups in total. The number of carboxylic acids is 2. The summed E-state index contributed by atoms with van der Waals surface area (Å²) >= 11 is 0. The van der Waals surface area contributed by atoms with Gasteiger partial charge in [0.05, 0.1) is 6.42 Å². The van der Waals surface area contributed by atoms with Crippen molar-refractivity contribution in [3.8, 4) is 11.5 Å². The van der Waals surface area contributed by atoms with Crippen molar-refractivity contribution >= 4 is 22.1 Å². The quantitative estimate of drug-likeness (QED) is 0.369. The Bertz CT molecular complexity index is 976. The van der Waals surface area contributed by atoms with Crippen LogP contribution in [0.1, 0.15) is 17.5 Å². The first kappa shape index (κ1) is 25.6. The number of hydrogen-bond donors (Lipinski definition) is 3. The van der Waals surface area contributed by atoms with Gasteiger partial charge in [0.2, 0.25) is 0 Å². The molecule has 166 valence electrons. The van der Waals surface area contributed by atoms with E-state index in [0.717, 1.165) is 35.5 Å². The molecule has 0 fully saturated rings. The number of ether oxygens (including phenoxy) is 1. The third-order valence-electron chi connectivity index (χ3n) is 3.89. The summed E-state index contributed by atoms with van der Waals surface area (Å²) in [5.74, 6) is -1.72. The van der Waals surface area contributed by atoms with Crippen LogP contribution < -0.4 is 4.74 Å². The third-order valence-corrected chi connectivity index (χ3v) is 4.98. The van der Waals surface area contributed by atoms with Crippen molar-refractivity contribution in [3.63, 3.8) is 0 Å². The third kappa shape index (κ3) is 8.85. The van der Waals surface area contributed by atoms with Gasteiger partial charge in [-0.2, -0.15) is 8.42 Å². The van der Waals surface area contributed by atoms with Crippen LogP contribution in [-0.2, 0) is 32.5 Å². The topological polar surface area (TPSA) is 138 Å². The second kappa shape index (κ2) is 12.3. The first-order valence-electron chi connectivity index (χ1n) is 9.06. The van der Waals surface area contributed by atoms with E-state index in [9.17, 15) is 18.0 Å². The van der Waals surface area contributed by atoms with E-state index >= 15 is 0 Å². The van der Waals surface area contributed by atoms with Crippen molar-refractivity contribution in [2.24, 2.45) is 0 Å². The van der Waals surface area contributed by atoms with Crippen molar-refractivity contribution in [1.29, 1.82) is 0 Å². The average Bonchev–Trinajstić information content (AvgIpc) is 2.69. The highest BCUT2D eigenvalue weighted by Crippen LogP contribution is 2.28. The Balaban J connectivity index is 0.000000348. The number of allylic oxidation sites excluding steroid dienone is 2. The number of para-hydroxylation sites is 2. The molecule has 0 heterocycles. The van der Waals surface area contributed by atoms with Gasteiger partial charge in [-0.15, -0.1) is 13.2 Å². The van der Waals surface area contributed by atoms with E-state index in [2.05, 4.69) is 25.3 Å². The van der Waals surface area contributed by atoms with Crippen LogP contribution in [0, 0.1) is 0 Å². The van der Waals surface area contributed by atoms with Crippen molar-refractivity contribution in [2.75, 3.05) is 0 Å². The maximum Gasteiger partial charge on any atom is 0.325 e. The molecule has 8 nitrogen and oxygen atoms in total. The summed E-state index contributed by atoms with van der Waals surface area (Å²) in [6.07, 6.45) is 4.23. The maximum absolute atomic E-state index is 10.2. The Morgan fingerprint density at radius 1 is 0.903 bits per heavy atom. The smallest absolute Gasteiger partial charge is 0.325 e. The first-order chi connectivity index (χ1) is 14.6. The molecule has 2 rings (SSSR count). The van der Waals surface area contributed by atoms with Crippen molar-refractivity contribution in [1.82, 2.24) is 0 Å². The molecule has 0 radical (unpaired) electrons. The van der Waals surface area contributed by atoms with Crippen molar-refractivity contribution < 1.29 is 37.5 Å². The lowest BCUT2D eigenvalue weighted by molar-refractivity contribution is -0.143. The minimum absolute atomic E-state index is 0.805. The molecule has 0 bridgehead atoms. The van der Waals surface area contributed by atoms with Gasteiger partial charge in [-0.1, -0.05) is 48.6 Å². The van der Waals surface area contributed by atoms with Gasteiger partial charge in [-0.05, 0) is 36.1 Å². The molecule has 0 saturated carbocycles. The molecule has 0 saturated heterocycles. The molecule has 9 heteroatoms. The Hall–Kier alpha value is -3.43. The van der Waals surface area contributed by atoms with Crippen LogP contribution >= 0.6 is 0 Å². The highest BCUT2D eigenvalue weighted by Gasteiger charge is 2.33. The largest absolute Gasteiger partial charge is 0.481 e. The van der Waals surface area contributed by atoms with Crippen molar-refractivity contribution in [2.45, 2.75) is 24.5 Å². The fraction of sp³-hybridized carbons (Fsp3) is 0.182. The van der Waals surface area contributed by atoms with E-state index in [4.69, 9.17) is 19.5 Å². The van der Waals surface area contributed by atoms with Crippen molar-refractivity contribution in [3.05, 3.63) is 85.0 Å². The molecule has 0 aliphatic carbocycles. The summed E-state index contributed by atoms with van der Waals surface area (Å²) in [6, 6.07) is 16.1. The number of carbonyl (C=O) groups is 2. The number of rotatable bonds is 10. The van der Waals surface area contributed by atoms with Crippen LogP contribution in [-0.4, -0.2) is 40.4 Å². The fourth-order valence-electron chi connectivity index (χ4n) is 2.45. The Kier molecular flexibility index (Phi) is 10.2. The highest BCUT2D eigenvalue weighted by molar-refractivity contribution is 7.87. The lowest BCUT2D eigenvalue weighted by Gasteiger charge is -2.12. The molecule has 0 amide bonds. The summed E-state index contributed by atoms with van der Waals surface area (Å²) in [4.78, 5) is 20.0. The van der Waals surface area contributed by atoms with Crippen LogP contribution in [0.2, 0.25) is 0 Å². The predicted molar refractivity (Wildman–Crippen MR) is 116 cm³/mol. The molecule has 0 aliphatic rings. The molecule has 0 spiro atoms. The van der Waals surface area contributed by atoms with Crippen LogP contribution in [0.25, 0.3) is 0 Å². The summed E-state index contributed by atoms with van der Waals surface area (Å²) in [5.41, 5.74) is 2.29. The van der Waals surface area contributed by atoms with E-state index in [-0.39, 0.29) is 0 Å². The van der Waals surface area contributed by atoms with Gasteiger partial charge in [0.25, 0.3) is 10.1 Å². The van der Waals surface area contributed by atoms with E-state index in [1.807, 2.05) is 48.6 Å². The number of benzene rings is 2. The minimum Gasteiger partial charge on any atom is -0.481 e. The minimum atomic E-state index is -4.84. The summed E-state index contributed by atoms with van der Waals surface area (Å²) in [6.45, 7) is 7.56. The Morgan fingerprint density at radius 3 is 1.61 bits per heavy atom. The number of hydrogen-bond acceptors (Lipinski definition) is 5. The normalized spacial score (nSPS) is 11.4. The van der Waals surface area contributed by atoms with Crippen LogP contribution in [0.4, 0.5) is 0 Å². The van der Waals surface area contributed by atoms with Gasteiger partial charge in [0.1, 0.15) is 11.5 Å². The predicted octanol–water partition coefficient (Wildman–Crippen LogP) is 3.74. The molecule has 31 heavy (non-hydrogen) atoms. The van der Waals surface area contributed by atoms with Gasteiger partial charge in [0.15, 0.2) is 5.25 Å². The zero-order valence-corrected chi connectivity index (χ0v) is 17.5. The van der Waals surface area contributed by atoms with Gasteiger partial charge < -0.3 is 14.9 Å². The summed E-state index contributed by atoms with van der Waals surface area (Å²) < 4.78 is 34.7. The standard InChI is InChI=1S/C18H18O.C4H6O7S/c1-3-9-15-11-5-7-13-17(15)19-18-14-8-6-12-16(18)10-4-2;5-3(6)1-2(4(7)8)12(9,10)11/h3-8,11-14H,1-2,9-10H2;2H,1H2,(H,5,6)(H,7,8)(H,9,10,11). The molecule has 1 unspecified atom stereocenters. The summed E-state index contributed by atoms with van der Waals surface area (Å²) in [5, 5.41) is 13.9. The van der Waals surface area contributed by atoms with Crippen LogP contribution in [0.3, 0.4) is 0 Å².